The molecule has 2 aliphatic rings. The van der Waals surface area contributed by atoms with E-state index in [2.05, 4.69) is 42.2 Å². The van der Waals surface area contributed by atoms with Crippen molar-refractivity contribution in [2.24, 2.45) is 0 Å². The zero-order chi connectivity index (χ0) is 29.9. The van der Waals surface area contributed by atoms with Gasteiger partial charge in [-0.15, -0.1) is 0 Å². The summed E-state index contributed by atoms with van der Waals surface area (Å²) in [4.78, 5) is 44.6. The highest BCUT2D eigenvalue weighted by atomic mass is 32.7. The van der Waals surface area contributed by atoms with Gasteiger partial charge in [-0.1, -0.05) is 12.2 Å². The number of thiol groups is 1. The first kappa shape index (κ1) is 28.8. The second-order valence-electron chi connectivity index (χ2n) is 9.40. The van der Waals surface area contributed by atoms with Crippen LogP contribution in [0.4, 0.5) is 10.3 Å². The number of ether oxygens (including phenoxy) is 2. The number of rotatable bonds is 8. The summed E-state index contributed by atoms with van der Waals surface area (Å²) in [6, 6.07) is 0. The van der Waals surface area contributed by atoms with Crippen LogP contribution in [0, 0.1) is 0 Å². The molecule has 0 spiro atoms. The minimum absolute atomic E-state index is 0.00771. The molecule has 2 saturated heterocycles. The Bertz CT molecular complexity index is 1800. The molecule has 2 fully saturated rings. The maximum atomic E-state index is 15.1. The summed E-state index contributed by atoms with van der Waals surface area (Å²) in [7, 11) is 0. The molecule has 0 radical (unpaired) electrons. The second-order valence-corrected chi connectivity index (χ2v) is 12.3. The van der Waals surface area contributed by atoms with Crippen LogP contribution in [0.25, 0.3) is 22.3 Å². The molecule has 19 nitrogen and oxygen atoms in total. The summed E-state index contributed by atoms with van der Waals surface area (Å²) in [5.41, 5.74) is 4.19. The standard InChI is InChI=1S/C20H23FN9O10PS/c21-8-11(32)7(39-18(8)29-4-25-9-14(29)23-3-24-16(9)34)2-37-41(36,42)40-13-12(33)6(1-31)38-19(13)30-5-26-10-15(30)27-20(22)28-17(10)35/h3-8,11-13,18-19,31-33H,1-2H2,(H,36,42)(H,23,24,34)(H3,22,27,28,35)/t6-,7-,8+,11-,12-,13-,18-,19-,41-/m1/s1. The number of nitrogens with two attached hydrogens (primary N) is 1. The minimum atomic E-state index is -4.42. The van der Waals surface area contributed by atoms with Crippen LogP contribution in [0.15, 0.2) is 28.6 Å². The van der Waals surface area contributed by atoms with E-state index in [1.54, 1.807) is 0 Å². The van der Waals surface area contributed by atoms with Gasteiger partial charge in [0.1, 0.15) is 30.5 Å². The molecule has 226 valence electrons. The van der Waals surface area contributed by atoms with Crippen molar-refractivity contribution in [3.63, 3.8) is 0 Å². The lowest BCUT2D eigenvalue weighted by molar-refractivity contribution is -0.0534. The van der Waals surface area contributed by atoms with Gasteiger partial charge in [-0.3, -0.25) is 32.8 Å². The molecule has 0 aliphatic carbocycles. The SMILES string of the molecule is Nc1nc2c(ncn2[C@@H]2O[C@H](CO)[C@@H](O)[C@H]2O[P@](=O)(S)OC[C@H]2O[C@@H](n3cnc4c(=O)[nH]cnc43)[C@@H](F)[C@@H]2O)c(=O)[nH]1. The van der Waals surface area contributed by atoms with E-state index in [1.165, 1.54) is 4.57 Å². The first-order valence-corrected chi connectivity index (χ1v) is 14.9. The number of aromatic nitrogens is 8. The number of hydrogen-bond donors (Lipinski definition) is 7. The Labute approximate surface area is 237 Å². The van der Waals surface area contributed by atoms with Crippen molar-refractivity contribution >= 4 is 47.3 Å². The lowest BCUT2D eigenvalue weighted by Gasteiger charge is -2.25. The number of nitrogens with one attached hydrogen (secondary N) is 2. The number of nitrogens with zero attached hydrogens (tertiary/aromatic N) is 6. The highest BCUT2D eigenvalue weighted by Gasteiger charge is 2.50. The van der Waals surface area contributed by atoms with Crippen LogP contribution in [0.1, 0.15) is 12.5 Å². The Balaban J connectivity index is 1.19. The fourth-order valence-electron chi connectivity index (χ4n) is 4.80. The highest BCUT2D eigenvalue weighted by Crippen LogP contribution is 2.57. The third-order valence-corrected chi connectivity index (χ3v) is 8.42. The van der Waals surface area contributed by atoms with E-state index in [1.807, 2.05) is 0 Å². The molecule has 6 heterocycles. The van der Waals surface area contributed by atoms with E-state index in [0.717, 1.165) is 23.5 Å². The summed E-state index contributed by atoms with van der Waals surface area (Å²) in [5.74, 6) is -0.238. The Morgan fingerprint density at radius 3 is 2.43 bits per heavy atom. The van der Waals surface area contributed by atoms with E-state index < -0.39 is 80.3 Å². The molecular weight excluding hydrogens is 608 g/mol. The van der Waals surface area contributed by atoms with Gasteiger partial charge in [0.2, 0.25) is 5.95 Å². The summed E-state index contributed by atoms with van der Waals surface area (Å²) < 4.78 is 52.7. The Kier molecular flexibility index (Phi) is 7.40. The number of hydrogen-bond acceptors (Lipinski definition) is 15. The van der Waals surface area contributed by atoms with Gasteiger partial charge in [-0.2, -0.15) is 4.98 Å². The van der Waals surface area contributed by atoms with Crippen molar-refractivity contribution < 1.29 is 42.8 Å². The molecule has 0 saturated carbocycles. The normalized spacial score (nSPS) is 31.3. The molecule has 4 aromatic heterocycles. The van der Waals surface area contributed by atoms with Crippen molar-refractivity contribution in [2.45, 2.75) is 49.1 Å². The molecule has 0 bridgehead atoms. The number of imidazole rings is 2. The topological polar surface area (TPSA) is 268 Å². The number of aliphatic hydroxyl groups is 3. The smallest absolute Gasteiger partial charge is 0.386 e. The number of aliphatic hydroxyl groups excluding tert-OH is 3. The first-order chi connectivity index (χ1) is 20.0. The zero-order valence-corrected chi connectivity index (χ0v) is 22.8. The third-order valence-electron chi connectivity index (χ3n) is 6.81. The predicted octanol–water partition coefficient (Wildman–Crippen LogP) is -1.88. The second kappa shape index (κ2) is 10.8. The van der Waals surface area contributed by atoms with E-state index in [9.17, 15) is 29.5 Å². The van der Waals surface area contributed by atoms with Crippen molar-refractivity contribution in [2.75, 3.05) is 18.9 Å². The number of nitrogen functional groups attached to an aromatic ring is 1. The molecule has 9 atom stereocenters. The van der Waals surface area contributed by atoms with E-state index in [4.69, 9.17) is 24.3 Å². The van der Waals surface area contributed by atoms with Crippen molar-refractivity contribution in [3.8, 4) is 0 Å². The molecule has 4 aromatic rings. The van der Waals surface area contributed by atoms with Gasteiger partial charge in [0, 0.05) is 0 Å². The van der Waals surface area contributed by atoms with Gasteiger partial charge in [-0.05, 0) is 0 Å². The highest BCUT2D eigenvalue weighted by molar-refractivity contribution is 8.44. The maximum Gasteiger partial charge on any atom is 0.386 e. The summed E-state index contributed by atoms with van der Waals surface area (Å²) in [5, 5.41) is 30.9. The Morgan fingerprint density at radius 1 is 1.05 bits per heavy atom. The fraction of sp³-hybridized carbons (Fsp3) is 0.500. The molecule has 0 aromatic carbocycles. The molecule has 2 aliphatic heterocycles. The Hall–Kier alpha value is -3.27. The molecule has 42 heavy (non-hydrogen) atoms. The largest absolute Gasteiger partial charge is 0.394 e. The van der Waals surface area contributed by atoms with Gasteiger partial charge in [0.05, 0.1) is 32.2 Å². The number of aromatic amines is 2. The minimum Gasteiger partial charge on any atom is -0.394 e. The summed E-state index contributed by atoms with van der Waals surface area (Å²) in [6.45, 7) is -5.77. The van der Waals surface area contributed by atoms with Crippen LogP contribution in [-0.4, -0.2) is 104 Å². The monoisotopic (exact) mass is 631 g/mol. The van der Waals surface area contributed by atoms with Crippen molar-refractivity contribution in [1.29, 1.82) is 0 Å². The summed E-state index contributed by atoms with van der Waals surface area (Å²) >= 11 is 3.94. The van der Waals surface area contributed by atoms with Gasteiger partial charge in [0.25, 0.3) is 11.1 Å². The molecule has 0 unspecified atom stereocenters. The van der Waals surface area contributed by atoms with E-state index >= 15 is 4.39 Å². The van der Waals surface area contributed by atoms with E-state index in [-0.39, 0.29) is 28.3 Å². The third kappa shape index (κ3) is 4.91. The average molecular weight is 631 g/mol. The van der Waals surface area contributed by atoms with Crippen LogP contribution in [0.3, 0.4) is 0 Å². The number of fused-ring (bicyclic) bond motifs is 2. The molecule has 22 heteroatoms. The van der Waals surface area contributed by atoms with Crippen molar-refractivity contribution in [3.05, 3.63) is 39.7 Å². The lowest BCUT2D eigenvalue weighted by atomic mass is 10.1. The fourth-order valence-corrected chi connectivity index (χ4v) is 6.26. The zero-order valence-electron chi connectivity index (χ0n) is 21.0. The van der Waals surface area contributed by atoms with Gasteiger partial charge in [-0.25, -0.2) is 23.9 Å². The maximum absolute atomic E-state index is 15.1. The van der Waals surface area contributed by atoms with Crippen LogP contribution >= 0.6 is 19.0 Å². The lowest BCUT2D eigenvalue weighted by Crippen LogP contribution is -2.35. The molecular formula is C20H23FN9O10PS. The first-order valence-electron chi connectivity index (χ1n) is 12.2. The number of H-pyrrole nitrogens is 2. The average Bonchev–Trinajstić information content (AvgIpc) is 3.69. The molecule has 0 amide bonds. The van der Waals surface area contributed by atoms with Gasteiger partial charge >= 0.3 is 6.80 Å². The Morgan fingerprint density at radius 2 is 1.71 bits per heavy atom. The van der Waals surface area contributed by atoms with Crippen LogP contribution in [0.2, 0.25) is 0 Å². The van der Waals surface area contributed by atoms with Gasteiger partial charge < -0.3 is 35.5 Å². The van der Waals surface area contributed by atoms with Crippen LogP contribution in [0.5, 0.6) is 0 Å². The van der Waals surface area contributed by atoms with Crippen LogP contribution < -0.4 is 16.9 Å². The summed E-state index contributed by atoms with van der Waals surface area (Å²) in [6.07, 6.45) is -8.87. The van der Waals surface area contributed by atoms with Gasteiger partial charge in [0.15, 0.2) is 41.0 Å². The number of anilines is 1. The number of halogens is 1. The molecule has 7 N–H and O–H groups in total. The van der Waals surface area contributed by atoms with Crippen molar-refractivity contribution in [1.82, 2.24) is 39.0 Å². The predicted molar refractivity (Wildman–Crippen MR) is 140 cm³/mol. The number of alkyl halides is 1. The van der Waals surface area contributed by atoms with Crippen LogP contribution in [-0.2, 0) is 23.1 Å². The quantitative estimate of drug-likeness (QED) is 0.0829. The molecule has 6 rings (SSSR count). The van der Waals surface area contributed by atoms with E-state index in [0.29, 0.717) is 0 Å².